The van der Waals surface area contributed by atoms with Crippen LogP contribution in [-0.2, 0) is 19.8 Å². The predicted molar refractivity (Wildman–Crippen MR) is 49.0 cm³/mol. The zero-order chi connectivity index (χ0) is 12.1. The van der Waals surface area contributed by atoms with Gasteiger partial charge < -0.3 is 0 Å². The van der Waals surface area contributed by atoms with E-state index in [0.29, 0.717) is 0 Å². The lowest BCUT2D eigenvalue weighted by molar-refractivity contribution is -0.127. The lowest BCUT2D eigenvalue weighted by Gasteiger charge is -2.20. The van der Waals surface area contributed by atoms with Crippen molar-refractivity contribution >= 4 is 22.4 Å². The van der Waals surface area contributed by atoms with Gasteiger partial charge in [-0.05, 0) is 6.92 Å². The Morgan fingerprint density at radius 2 is 2.07 bits per heavy atom. The van der Waals surface area contributed by atoms with E-state index in [1.54, 1.807) is 0 Å². The van der Waals surface area contributed by atoms with Gasteiger partial charge in [-0.1, -0.05) is 4.47 Å². The third-order valence-electron chi connectivity index (χ3n) is 1.47. The van der Waals surface area contributed by atoms with Crippen LogP contribution in [0, 0.1) is 0 Å². The summed E-state index contributed by atoms with van der Waals surface area (Å²) in [7, 11) is -4.40. The van der Waals surface area contributed by atoms with Crippen molar-refractivity contribution in [3.63, 3.8) is 0 Å². The van der Waals surface area contributed by atoms with E-state index in [4.69, 9.17) is 11.0 Å². The molecule has 0 unspecified atom stereocenters. The second kappa shape index (κ2) is 5.75. The Balaban J connectivity index is 4.62. The molecule has 9 heteroatoms. The Morgan fingerprint density at radius 3 is 2.47 bits per heavy atom. The molecule has 0 saturated heterocycles. The molecule has 0 saturated carbocycles. The average molecular weight is 238 g/mol. The number of amides is 1. The van der Waals surface area contributed by atoms with Gasteiger partial charge >= 0.3 is 10.2 Å². The van der Waals surface area contributed by atoms with Crippen LogP contribution in [0.5, 0.6) is 0 Å². The second-order valence-corrected chi connectivity index (χ2v) is 4.19. The Labute approximate surface area is 87.4 Å². The lowest BCUT2D eigenvalue weighted by atomic mass is 10.3. The summed E-state index contributed by atoms with van der Waals surface area (Å²) in [6.45, 7) is 1.11. The van der Waals surface area contributed by atoms with Crippen LogP contribution in [0.2, 0.25) is 0 Å². The zero-order valence-corrected chi connectivity index (χ0v) is 8.90. The fourth-order valence-electron chi connectivity index (χ4n) is 0.662. The minimum absolute atomic E-state index is 0.0739. The van der Waals surface area contributed by atoms with Crippen molar-refractivity contribution in [3.8, 4) is 0 Å². The lowest BCUT2D eigenvalue weighted by Crippen LogP contribution is -2.49. The van der Waals surface area contributed by atoms with Gasteiger partial charge in [-0.2, -0.15) is 12.8 Å². The van der Waals surface area contributed by atoms with Gasteiger partial charge in [-0.25, -0.2) is 5.84 Å². The van der Waals surface area contributed by atoms with Gasteiger partial charge in [0.2, 0.25) is 0 Å². The maximum absolute atomic E-state index is 11.2. The number of nitrogens with zero attached hydrogens (tertiary/aromatic N) is 2. The number of nitrogens with two attached hydrogens (primary N) is 1. The molecule has 0 aliphatic rings. The molecular weight excluding hydrogens is 226 g/mol. The molecule has 87 valence electrons. The highest BCUT2D eigenvalue weighted by atomic mass is 32.2. The van der Waals surface area contributed by atoms with Gasteiger partial charge in [0.25, 0.3) is 5.91 Å². The first-order valence-corrected chi connectivity index (χ1v) is 5.42. The van der Waals surface area contributed by atoms with Crippen LogP contribution in [-0.4, -0.2) is 41.2 Å². The number of carbonyl (C=O) groups excluding carboxylic acids is 2. The highest BCUT2D eigenvalue weighted by Crippen LogP contribution is 2.03. The summed E-state index contributed by atoms with van der Waals surface area (Å²) < 4.78 is 22.3. The van der Waals surface area contributed by atoms with Gasteiger partial charge in [-0.15, -0.1) is 0 Å². The summed E-state index contributed by atoms with van der Waals surface area (Å²) in [6, 6.07) is 0. The van der Waals surface area contributed by atoms with E-state index in [-0.39, 0.29) is 28.3 Å². The third kappa shape index (κ3) is 3.55. The number of carbonyl (C=O) groups is 1. The highest BCUT2D eigenvalue weighted by molar-refractivity contribution is 7.87. The molecule has 0 rings (SSSR count). The van der Waals surface area contributed by atoms with E-state index in [1.165, 1.54) is 13.2 Å². The average Bonchev–Trinajstić information content (AvgIpc) is 2.23. The molecule has 15 heavy (non-hydrogen) atoms. The predicted octanol–water partition coefficient (Wildman–Crippen LogP) is -1.47. The molecule has 0 fully saturated rings. The fraction of sp³-hybridized carbons (Fsp3) is 0.667. The first-order valence-electron chi connectivity index (χ1n) is 4.02. The molecule has 0 heterocycles. The molecule has 1 radical (unpaired) electrons. The van der Waals surface area contributed by atoms with Crippen molar-refractivity contribution in [2.24, 2.45) is 5.84 Å². The molecule has 0 bridgehead atoms. The van der Waals surface area contributed by atoms with Crippen molar-refractivity contribution in [1.29, 1.82) is 0 Å². The summed E-state index contributed by atoms with van der Waals surface area (Å²) >= 11 is 0. The standard InChI is InChI=1S/C6H12N3O5S/c1-2-8(12)15(13,14)9(7)6(11)4-3-5-10/h12H,2-4,7H2,1H3. The van der Waals surface area contributed by atoms with Crippen molar-refractivity contribution in [3.05, 3.63) is 0 Å². The quantitative estimate of drug-likeness (QED) is 0.331. The molecule has 3 N–H and O–H groups in total. The molecular formula is C6H12N3O5S. The Bertz CT molecular complexity index is 328. The zero-order valence-electron chi connectivity index (χ0n) is 8.08. The first-order chi connectivity index (χ1) is 6.87. The molecule has 0 aromatic carbocycles. The fourth-order valence-corrected chi connectivity index (χ4v) is 1.54. The van der Waals surface area contributed by atoms with Gasteiger partial charge in [0.1, 0.15) is 0 Å². The van der Waals surface area contributed by atoms with E-state index < -0.39 is 16.1 Å². The molecule has 0 aliphatic heterocycles. The second-order valence-electron chi connectivity index (χ2n) is 2.48. The monoisotopic (exact) mass is 238 g/mol. The van der Waals surface area contributed by atoms with Gasteiger partial charge in [0.15, 0.2) is 6.29 Å². The van der Waals surface area contributed by atoms with Crippen LogP contribution < -0.4 is 5.84 Å². The number of rotatable bonds is 6. The molecule has 0 aliphatic carbocycles. The molecule has 0 atom stereocenters. The van der Waals surface area contributed by atoms with Crippen molar-refractivity contribution in [1.82, 2.24) is 8.88 Å². The number of hydroxylamine groups is 1. The minimum atomic E-state index is -4.40. The topological polar surface area (TPSA) is 121 Å². The van der Waals surface area contributed by atoms with E-state index >= 15 is 0 Å². The Morgan fingerprint density at radius 1 is 1.53 bits per heavy atom. The van der Waals surface area contributed by atoms with E-state index in [1.807, 2.05) is 0 Å². The van der Waals surface area contributed by atoms with Crippen LogP contribution in [0.4, 0.5) is 0 Å². The molecule has 0 spiro atoms. The summed E-state index contributed by atoms with van der Waals surface area (Å²) in [5.74, 6) is 3.98. The summed E-state index contributed by atoms with van der Waals surface area (Å²) in [6.07, 6.45) is 0.796. The normalized spacial score (nSPS) is 11.5. The van der Waals surface area contributed by atoms with Gasteiger partial charge in [0.05, 0.1) is 0 Å². The van der Waals surface area contributed by atoms with E-state index in [0.717, 1.165) is 0 Å². The van der Waals surface area contributed by atoms with Crippen LogP contribution in [0.15, 0.2) is 0 Å². The van der Waals surface area contributed by atoms with Crippen LogP contribution in [0.3, 0.4) is 0 Å². The largest absolute Gasteiger partial charge is 0.341 e. The Kier molecular flexibility index (Phi) is 5.36. The van der Waals surface area contributed by atoms with Crippen molar-refractivity contribution in [2.75, 3.05) is 6.54 Å². The van der Waals surface area contributed by atoms with Crippen LogP contribution in [0.25, 0.3) is 0 Å². The minimum Gasteiger partial charge on any atom is -0.298 e. The SMILES string of the molecule is CCN(O)S(=O)(=O)N(N)C(=O)CC[C]=O. The van der Waals surface area contributed by atoms with Crippen molar-refractivity contribution < 1.29 is 23.2 Å². The summed E-state index contributed by atoms with van der Waals surface area (Å²) in [4.78, 5) is 20.9. The maximum Gasteiger partial charge on any atom is 0.341 e. The smallest absolute Gasteiger partial charge is 0.298 e. The van der Waals surface area contributed by atoms with Crippen LogP contribution >= 0.6 is 0 Å². The maximum atomic E-state index is 11.2. The molecule has 1 amide bonds. The van der Waals surface area contributed by atoms with Gasteiger partial charge in [-0.3, -0.25) is 14.8 Å². The van der Waals surface area contributed by atoms with E-state index in [2.05, 4.69) is 0 Å². The van der Waals surface area contributed by atoms with Crippen LogP contribution in [0.1, 0.15) is 19.8 Å². The molecule has 0 aromatic heterocycles. The summed E-state index contributed by atoms with van der Waals surface area (Å²) in [5, 5.41) is 8.92. The van der Waals surface area contributed by atoms with E-state index in [9.17, 15) is 18.0 Å². The summed E-state index contributed by atoms with van der Waals surface area (Å²) in [5.41, 5.74) is 0. The number of hydrazine groups is 1. The Hall–Kier alpha value is -1.03. The third-order valence-corrected chi connectivity index (χ3v) is 2.96. The van der Waals surface area contributed by atoms with Gasteiger partial charge in [0, 0.05) is 19.4 Å². The first kappa shape index (κ1) is 14.0. The molecule has 8 nitrogen and oxygen atoms in total. The molecule has 0 aromatic rings. The highest BCUT2D eigenvalue weighted by Gasteiger charge is 2.29. The van der Waals surface area contributed by atoms with Crippen molar-refractivity contribution in [2.45, 2.75) is 19.8 Å². The number of hydrogen-bond donors (Lipinski definition) is 2. The number of hydrogen-bond acceptors (Lipinski definition) is 6.